The normalized spacial score (nSPS) is 15.9. The van der Waals surface area contributed by atoms with Gasteiger partial charge in [-0.15, -0.1) is 0 Å². The third kappa shape index (κ3) is 3.32. The molecule has 0 bridgehead atoms. The number of esters is 2. The van der Waals surface area contributed by atoms with Crippen LogP contribution >= 0.6 is 0 Å². The molecule has 1 N–H and O–H groups in total. The number of hydrogen-bond acceptors (Lipinski definition) is 5. The first kappa shape index (κ1) is 18.1. The lowest BCUT2D eigenvalue weighted by atomic mass is 9.84. The molecule has 0 amide bonds. The van der Waals surface area contributed by atoms with E-state index in [0.29, 0.717) is 30.1 Å². The SMILES string of the molecule is CCOC(=O)c1cc2c(n1C)C(C(=O)OC(C)C)=CNCC2(C)C. The molecule has 1 aromatic rings. The first-order chi connectivity index (χ1) is 11.2. The van der Waals surface area contributed by atoms with Gasteiger partial charge >= 0.3 is 11.9 Å². The van der Waals surface area contributed by atoms with Crippen LogP contribution < -0.4 is 5.32 Å². The summed E-state index contributed by atoms with van der Waals surface area (Å²) in [5.41, 5.74) is 2.21. The molecule has 6 nitrogen and oxygen atoms in total. The fraction of sp³-hybridized carbons (Fsp3) is 0.556. The Hall–Kier alpha value is -2.24. The van der Waals surface area contributed by atoms with E-state index in [9.17, 15) is 9.59 Å². The summed E-state index contributed by atoms with van der Waals surface area (Å²) in [6, 6.07) is 1.82. The van der Waals surface area contributed by atoms with E-state index in [-0.39, 0.29) is 11.5 Å². The predicted octanol–water partition coefficient (Wildman–Crippen LogP) is 2.38. The summed E-state index contributed by atoms with van der Waals surface area (Å²) in [6.07, 6.45) is 1.45. The molecule has 1 aliphatic rings. The quantitative estimate of drug-likeness (QED) is 0.856. The number of aromatic nitrogens is 1. The van der Waals surface area contributed by atoms with Gasteiger partial charge in [0.25, 0.3) is 0 Å². The Balaban J connectivity index is 2.59. The maximum Gasteiger partial charge on any atom is 0.354 e. The van der Waals surface area contributed by atoms with Crippen molar-refractivity contribution in [3.63, 3.8) is 0 Å². The molecule has 0 aromatic carbocycles. The molecule has 6 heteroatoms. The van der Waals surface area contributed by atoms with Gasteiger partial charge in [-0.2, -0.15) is 0 Å². The van der Waals surface area contributed by atoms with Crippen LogP contribution in [0.1, 0.15) is 56.4 Å². The lowest BCUT2D eigenvalue weighted by Gasteiger charge is -2.23. The van der Waals surface area contributed by atoms with Crippen LogP contribution in [-0.4, -0.2) is 35.8 Å². The molecule has 24 heavy (non-hydrogen) atoms. The van der Waals surface area contributed by atoms with Crippen molar-refractivity contribution in [3.8, 4) is 0 Å². The minimum atomic E-state index is -0.409. The number of rotatable bonds is 4. The first-order valence-electron chi connectivity index (χ1n) is 8.21. The third-order valence-electron chi connectivity index (χ3n) is 4.05. The van der Waals surface area contributed by atoms with Crippen LogP contribution in [0.3, 0.4) is 0 Å². The maximum atomic E-state index is 12.5. The third-order valence-corrected chi connectivity index (χ3v) is 4.05. The Morgan fingerprint density at radius 2 is 2.00 bits per heavy atom. The van der Waals surface area contributed by atoms with Gasteiger partial charge in [0.2, 0.25) is 0 Å². The highest BCUT2D eigenvalue weighted by Crippen LogP contribution is 2.35. The zero-order chi connectivity index (χ0) is 18.1. The van der Waals surface area contributed by atoms with E-state index in [2.05, 4.69) is 19.2 Å². The highest BCUT2D eigenvalue weighted by molar-refractivity contribution is 6.17. The lowest BCUT2D eigenvalue weighted by molar-refractivity contribution is -0.140. The molecule has 0 saturated carbocycles. The second-order valence-corrected chi connectivity index (χ2v) is 6.85. The summed E-state index contributed by atoms with van der Waals surface area (Å²) in [7, 11) is 1.77. The van der Waals surface area contributed by atoms with Gasteiger partial charge in [-0.25, -0.2) is 9.59 Å². The molecule has 0 unspecified atom stereocenters. The lowest BCUT2D eigenvalue weighted by Crippen LogP contribution is -2.29. The molecular formula is C18H26N2O4. The Morgan fingerprint density at radius 1 is 1.33 bits per heavy atom. The van der Waals surface area contributed by atoms with Crippen molar-refractivity contribution in [2.45, 2.75) is 46.1 Å². The van der Waals surface area contributed by atoms with Crippen LogP contribution in [0.5, 0.6) is 0 Å². The number of fused-ring (bicyclic) bond motifs is 1. The van der Waals surface area contributed by atoms with Crippen molar-refractivity contribution in [1.29, 1.82) is 0 Å². The maximum absolute atomic E-state index is 12.5. The van der Waals surface area contributed by atoms with Crippen molar-refractivity contribution in [1.82, 2.24) is 9.88 Å². The fourth-order valence-electron chi connectivity index (χ4n) is 2.85. The van der Waals surface area contributed by atoms with Gasteiger partial charge < -0.3 is 19.4 Å². The highest BCUT2D eigenvalue weighted by atomic mass is 16.5. The Kier molecular flexibility index (Phi) is 5.06. The molecule has 0 atom stereocenters. The van der Waals surface area contributed by atoms with E-state index in [0.717, 1.165) is 5.56 Å². The molecule has 0 spiro atoms. The van der Waals surface area contributed by atoms with Crippen LogP contribution in [0.25, 0.3) is 5.57 Å². The van der Waals surface area contributed by atoms with Gasteiger partial charge in [-0.3, -0.25) is 0 Å². The van der Waals surface area contributed by atoms with Crippen LogP contribution in [0, 0.1) is 0 Å². The molecular weight excluding hydrogens is 308 g/mol. The van der Waals surface area contributed by atoms with E-state index < -0.39 is 11.9 Å². The summed E-state index contributed by atoms with van der Waals surface area (Å²) in [5, 5.41) is 3.18. The van der Waals surface area contributed by atoms with Crippen molar-refractivity contribution < 1.29 is 19.1 Å². The average molecular weight is 334 g/mol. The number of carbonyl (C=O) groups excluding carboxylic acids is 2. The summed E-state index contributed by atoms with van der Waals surface area (Å²) in [5.74, 6) is -0.804. The molecule has 0 aliphatic carbocycles. The molecule has 1 aromatic heterocycles. The Morgan fingerprint density at radius 3 is 2.58 bits per heavy atom. The second-order valence-electron chi connectivity index (χ2n) is 6.85. The van der Waals surface area contributed by atoms with Gasteiger partial charge in [0.15, 0.2) is 0 Å². The topological polar surface area (TPSA) is 69.6 Å². The standard InChI is InChI=1S/C18H26N2O4/c1-7-23-17(22)14-8-13-15(20(14)6)12(16(21)24-11(2)3)9-19-10-18(13,4)5/h8-9,11,19H,7,10H2,1-6H3. The Bertz CT molecular complexity index is 683. The zero-order valence-corrected chi connectivity index (χ0v) is 15.2. The zero-order valence-electron chi connectivity index (χ0n) is 15.2. The van der Waals surface area contributed by atoms with Gasteiger partial charge in [-0.1, -0.05) is 13.8 Å². The molecule has 132 valence electrons. The van der Waals surface area contributed by atoms with Crippen molar-refractivity contribution in [3.05, 3.63) is 29.2 Å². The summed E-state index contributed by atoms with van der Waals surface area (Å²) < 4.78 is 12.2. The number of hydrogen-bond donors (Lipinski definition) is 1. The monoisotopic (exact) mass is 334 g/mol. The number of carbonyl (C=O) groups is 2. The van der Waals surface area contributed by atoms with Gasteiger partial charge in [-0.05, 0) is 32.4 Å². The second kappa shape index (κ2) is 6.71. The van der Waals surface area contributed by atoms with Crippen molar-refractivity contribution >= 4 is 17.5 Å². The summed E-state index contributed by atoms with van der Waals surface area (Å²) in [6.45, 7) is 10.5. The molecule has 0 saturated heterocycles. The van der Waals surface area contributed by atoms with Crippen molar-refractivity contribution in [2.75, 3.05) is 13.2 Å². The van der Waals surface area contributed by atoms with E-state index >= 15 is 0 Å². The van der Waals surface area contributed by atoms with Crippen LogP contribution in [-0.2, 0) is 26.7 Å². The Labute approximate surface area is 142 Å². The van der Waals surface area contributed by atoms with Gasteiger partial charge in [0, 0.05) is 25.2 Å². The average Bonchev–Trinajstić information content (AvgIpc) is 2.74. The number of nitrogens with one attached hydrogen (secondary N) is 1. The van der Waals surface area contributed by atoms with Crippen LogP contribution in [0.4, 0.5) is 0 Å². The van der Waals surface area contributed by atoms with Gasteiger partial charge in [0.05, 0.1) is 24.0 Å². The van der Waals surface area contributed by atoms with E-state index in [1.807, 2.05) is 19.9 Å². The highest BCUT2D eigenvalue weighted by Gasteiger charge is 2.35. The van der Waals surface area contributed by atoms with Gasteiger partial charge in [0.1, 0.15) is 5.69 Å². The number of ether oxygens (including phenoxy) is 2. The van der Waals surface area contributed by atoms with Crippen molar-refractivity contribution in [2.24, 2.45) is 7.05 Å². The largest absolute Gasteiger partial charge is 0.461 e. The minimum absolute atomic E-state index is 0.220. The van der Waals surface area contributed by atoms with E-state index in [1.54, 1.807) is 24.7 Å². The molecule has 1 aliphatic heterocycles. The number of nitrogens with zero attached hydrogens (tertiary/aromatic N) is 1. The minimum Gasteiger partial charge on any atom is -0.461 e. The molecule has 2 rings (SSSR count). The molecule has 2 heterocycles. The smallest absolute Gasteiger partial charge is 0.354 e. The molecule has 0 fully saturated rings. The van der Waals surface area contributed by atoms with Crippen LogP contribution in [0.2, 0.25) is 0 Å². The summed E-state index contributed by atoms with van der Waals surface area (Å²) in [4.78, 5) is 24.8. The van der Waals surface area contributed by atoms with Crippen LogP contribution in [0.15, 0.2) is 12.3 Å². The first-order valence-corrected chi connectivity index (χ1v) is 8.21. The molecule has 0 radical (unpaired) electrons. The van der Waals surface area contributed by atoms with E-state index in [4.69, 9.17) is 9.47 Å². The summed E-state index contributed by atoms with van der Waals surface area (Å²) >= 11 is 0. The van der Waals surface area contributed by atoms with E-state index in [1.165, 1.54) is 0 Å². The predicted molar refractivity (Wildman–Crippen MR) is 91.6 cm³/mol. The fourth-order valence-corrected chi connectivity index (χ4v) is 2.85.